The molecular weight excluding hydrogens is 295 g/mol. The maximum atomic E-state index is 13.1. The van der Waals surface area contributed by atoms with Crippen LogP contribution in [0.4, 0.5) is 10.2 Å². The molecule has 0 bridgehead atoms. The minimum atomic E-state index is -0.310. The maximum absolute atomic E-state index is 13.1. The van der Waals surface area contributed by atoms with Crippen molar-refractivity contribution in [2.75, 3.05) is 18.4 Å². The van der Waals surface area contributed by atoms with E-state index in [-0.39, 0.29) is 23.7 Å². The monoisotopic (exact) mass is 318 g/mol. The second kappa shape index (κ2) is 6.91. The van der Waals surface area contributed by atoms with E-state index >= 15 is 0 Å². The molecule has 0 aliphatic carbocycles. The molecule has 1 aromatic carbocycles. The van der Waals surface area contributed by atoms with Gasteiger partial charge in [-0.3, -0.25) is 4.79 Å². The van der Waals surface area contributed by atoms with Crippen molar-refractivity contribution in [1.29, 1.82) is 0 Å². The first kappa shape index (κ1) is 17.1. The van der Waals surface area contributed by atoms with Crippen molar-refractivity contribution >= 4 is 11.7 Å². The molecule has 2 rings (SSSR count). The number of rotatable bonds is 5. The minimum Gasteiger partial charge on any atom is -0.309 e. The fourth-order valence-electron chi connectivity index (χ4n) is 2.04. The second-order valence-electron chi connectivity index (χ2n) is 6.38. The fraction of sp³-hybridized carbons (Fsp3) is 0.412. The van der Waals surface area contributed by atoms with Crippen LogP contribution in [0.15, 0.2) is 30.3 Å². The van der Waals surface area contributed by atoms with Gasteiger partial charge in [0.15, 0.2) is 0 Å². The largest absolute Gasteiger partial charge is 0.309 e. The van der Waals surface area contributed by atoms with E-state index in [1.807, 2.05) is 13.0 Å². The Kier molecular flexibility index (Phi) is 5.15. The van der Waals surface area contributed by atoms with Crippen molar-refractivity contribution in [3.63, 3.8) is 0 Å². The first-order chi connectivity index (χ1) is 10.8. The Morgan fingerprint density at radius 3 is 2.48 bits per heavy atom. The number of hydrogen-bond donors (Lipinski definition) is 2. The molecule has 23 heavy (non-hydrogen) atoms. The maximum Gasteiger partial charge on any atom is 0.239 e. The predicted octanol–water partition coefficient (Wildman–Crippen LogP) is 2.86. The number of aromatic nitrogens is 2. The highest BCUT2D eigenvalue weighted by atomic mass is 19.1. The van der Waals surface area contributed by atoms with Crippen LogP contribution in [-0.4, -0.2) is 28.8 Å². The third kappa shape index (κ3) is 4.39. The SMILES string of the molecule is CCNCC(=O)Nc1cc(C(C)(C)C)nn1-c1ccc(F)cc1. The number of halogens is 1. The van der Waals surface area contributed by atoms with Gasteiger partial charge in [-0.15, -0.1) is 0 Å². The average molecular weight is 318 g/mol. The molecule has 124 valence electrons. The fourth-order valence-corrected chi connectivity index (χ4v) is 2.04. The Bertz CT molecular complexity index is 671. The van der Waals surface area contributed by atoms with Crippen LogP contribution in [0.1, 0.15) is 33.4 Å². The Morgan fingerprint density at radius 1 is 1.26 bits per heavy atom. The van der Waals surface area contributed by atoms with E-state index in [1.165, 1.54) is 12.1 Å². The average Bonchev–Trinajstić information content (AvgIpc) is 2.90. The number of likely N-dealkylation sites (N-methyl/N-ethyl adjacent to an activating group) is 1. The molecule has 0 saturated heterocycles. The van der Waals surface area contributed by atoms with Gasteiger partial charge in [0.1, 0.15) is 11.6 Å². The van der Waals surface area contributed by atoms with Crippen LogP contribution in [0.3, 0.4) is 0 Å². The van der Waals surface area contributed by atoms with E-state index in [0.717, 1.165) is 12.2 Å². The summed E-state index contributed by atoms with van der Waals surface area (Å²) >= 11 is 0. The molecule has 2 N–H and O–H groups in total. The summed E-state index contributed by atoms with van der Waals surface area (Å²) in [6.07, 6.45) is 0. The molecule has 1 aromatic heterocycles. The molecule has 0 atom stereocenters. The van der Waals surface area contributed by atoms with Gasteiger partial charge in [0, 0.05) is 11.5 Å². The zero-order valence-electron chi connectivity index (χ0n) is 14.0. The number of anilines is 1. The molecule has 1 heterocycles. The van der Waals surface area contributed by atoms with E-state index in [0.29, 0.717) is 11.5 Å². The smallest absolute Gasteiger partial charge is 0.239 e. The first-order valence-electron chi connectivity index (χ1n) is 7.68. The molecule has 0 radical (unpaired) electrons. The quantitative estimate of drug-likeness (QED) is 0.891. The molecule has 0 saturated carbocycles. The van der Waals surface area contributed by atoms with E-state index in [1.54, 1.807) is 16.8 Å². The van der Waals surface area contributed by atoms with Crippen molar-refractivity contribution in [2.24, 2.45) is 0 Å². The summed E-state index contributed by atoms with van der Waals surface area (Å²) in [5.41, 5.74) is 1.38. The van der Waals surface area contributed by atoms with Crippen LogP contribution < -0.4 is 10.6 Å². The predicted molar refractivity (Wildman–Crippen MR) is 89.4 cm³/mol. The van der Waals surface area contributed by atoms with Crippen LogP contribution in [0.25, 0.3) is 5.69 Å². The van der Waals surface area contributed by atoms with Crippen LogP contribution in [0.5, 0.6) is 0 Å². The molecular formula is C17H23FN4O. The van der Waals surface area contributed by atoms with Gasteiger partial charge in [0.05, 0.1) is 17.9 Å². The summed E-state index contributed by atoms with van der Waals surface area (Å²) < 4.78 is 14.8. The highest BCUT2D eigenvalue weighted by molar-refractivity contribution is 5.91. The number of benzene rings is 1. The lowest BCUT2D eigenvalue weighted by Crippen LogP contribution is -2.28. The summed E-state index contributed by atoms with van der Waals surface area (Å²) in [6.45, 7) is 9.04. The number of hydrogen-bond acceptors (Lipinski definition) is 3. The first-order valence-corrected chi connectivity index (χ1v) is 7.68. The molecule has 1 amide bonds. The Balaban J connectivity index is 2.36. The third-order valence-corrected chi connectivity index (χ3v) is 3.35. The summed E-state index contributed by atoms with van der Waals surface area (Å²) in [5.74, 6) is 0.120. The molecule has 0 aliphatic rings. The molecule has 6 heteroatoms. The van der Waals surface area contributed by atoms with E-state index in [4.69, 9.17) is 0 Å². The number of amides is 1. The van der Waals surface area contributed by atoms with Gasteiger partial charge in [-0.1, -0.05) is 27.7 Å². The summed E-state index contributed by atoms with van der Waals surface area (Å²) in [4.78, 5) is 12.0. The van der Waals surface area contributed by atoms with Gasteiger partial charge in [-0.05, 0) is 30.8 Å². The zero-order valence-corrected chi connectivity index (χ0v) is 14.0. The second-order valence-corrected chi connectivity index (χ2v) is 6.38. The number of nitrogens with one attached hydrogen (secondary N) is 2. The van der Waals surface area contributed by atoms with Crippen LogP contribution in [-0.2, 0) is 10.2 Å². The van der Waals surface area contributed by atoms with Crippen molar-refractivity contribution in [3.8, 4) is 5.69 Å². The van der Waals surface area contributed by atoms with Gasteiger partial charge in [0.2, 0.25) is 5.91 Å². The van der Waals surface area contributed by atoms with Crippen molar-refractivity contribution in [2.45, 2.75) is 33.1 Å². The molecule has 0 aliphatic heterocycles. The highest BCUT2D eigenvalue weighted by Gasteiger charge is 2.21. The van der Waals surface area contributed by atoms with E-state index in [2.05, 4.69) is 36.5 Å². The molecule has 0 unspecified atom stereocenters. The van der Waals surface area contributed by atoms with E-state index in [9.17, 15) is 9.18 Å². The van der Waals surface area contributed by atoms with Crippen molar-refractivity contribution < 1.29 is 9.18 Å². The van der Waals surface area contributed by atoms with Gasteiger partial charge in [0.25, 0.3) is 0 Å². The summed E-state index contributed by atoms with van der Waals surface area (Å²) in [7, 11) is 0. The van der Waals surface area contributed by atoms with Gasteiger partial charge in [-0.2, -0.15) is 5.10 Å². The number of carbonyl (C=O) groups excluding carboxylic acids is 1. The van der Waals surface area contributed by atoms with Crippen molar-refractivity contribution in [1.82, 2.24) is 15.1 Å². The Labute approximate surface area is 135 Å². The minimum absolute atomic E-state index is 0.143. The van der Waals surface area contributed by atoms with Crippen LogP contribution in [0.2, 0.25) is 0 Å². The topological polar surface area (TPSA) is 59.0 Å². The summed E-state index contributed by atoms with van der Waals surface area (Å²) in [6, 6.07) is 7.87. The molecule has 5 nitrogen and oxygen atoms in total. The summed E-state index contributed by atoms with van der Waals surface area (Å²) in [5, 5.41) is 10.4. The van der Waals surface area contributed by atoms with Gasteiger partial charge < -0.3 is 10.6 Å². The Morgan fingerprint density at radius 2 is 1.91 bits per heavy atom. The standard InChI is InChI=1S/C17H23FN4O/c1-5-19-11-16(23)20-15-10-14(17(2,3)4)21-22(15)13-8-6-12(18)7-9-13/h6-10,19H,5,11H2,1-4H3,(H,20,23). The number of nitrogens with zero attached hydrogens (tertiary/aromatic N) is 2. The van der Waals surface area contributed by atoms with Crippen LogP contribution in [0, 0.1) is 5.82 Å². The normalized spacial score (nSPS) is 11.5. The highest BCUT2D eigenvalue weighted by Crippen LogP contribution is 2.26. The molecule has 0 fully saturated rings. The lowest BCUT2D eigenvalue weighted by Gasteiger charge is -2.14. The third-order valence-electron chi connectivity index (χ3n) is 3.35. The van der Waals surface area contributed by atoms with Crippen molar-refractivity contribution in [3.05, 3.63) is 41.8 Å². The Hall–Kier alpha value is -2.21. The van der Waals surface area contributed by atoms with Gasteiger partial charge in [-0.25, -0.2) is 9.07 Å². The van der Waals surface area contributed by atoms with Crippen LogP contribution >= 0.6 is 0 Å². The molecule has 0 spiro atoms. The zero-order chi connectivity index (χ0) is 17.0. The lowest BCUT2D eigenvalue weighted by atomic mass is 9.92. The van der Waals surface area contributed by atoms with E-state index < -0.39 is 0 Å². The lowest BCUT2D eigenvalue weighted by molar-refractivity contribution is -0.115. The molecule has 2 aromatic rings. The van der Waals surface area contributed by atoms with Gasteiger partial charge >= 0.3 is 0 Å². The number of carbonyl (C=O) groups is 1.